The minimum absolute atomic E-state index is 0.0875. The van der Waals surface area contributed by atoms with Gasteiger partial charge in [-0.15, -0.1) is 0 Å². The molecule has 0 fully saturated rings. The summed E-state index contributed by atoms with van der Waals surface area (Å²) in [5.74, 6) is -8.62. The Hall–Kier alpha value is -1.83. The zero-order valence-electron chi connectivity index (χ0n) is 11.3. The molecular weight excluding hydrogens is 294 g/mol. The van der Waals surface area contributed by atoms with Gasteiger partial charge in [-0.25, -0.2) is 8.78 Å². The zero-order valence-corrected chi connectivity index (χ0v) is 11.3. The number of carboxylic acids is 1. The molecule has 0 aliphatic heterocycles. The maximum absolute atomic E-state index is 13.2. The van der Waals surface area contributed by atoms with E-state index in [0.717, 1.165) is 0 Å². The second kappa shape index (κ2) is 6.75. The molecule has 21 heavy (non-hydrogen) atoms. The van der Waals surface area contributed by atoms with Gasteiger partial charge in [0.05, 0.1) is 6.61 Å². The molecule has 0 aromatic heterocycles. The van der Waals surface area contributed by atoms with E-state index in [9.17, 15) is 22.4 Å². The Morgan fingerprint density at radius 2 is 1.76 bits per heavy atom. The highest BCUT2D eigenvalue weighted by Gasteiger charge is 2.27. The predicted octanol–water partition coefficient (Wildman–Crippen LogP) is 2.59. The van der Waals surface area contributed by atoms with Crippen molar-refractivity contribution in [3.8, 4) is 5.75 Å². The first-order valence-electron chi connectivity index (χ1n) is 6.15. The summed E-state index contributed by atoms with van der Waals surface area (Å²) in [7, 11) is 0. The number of rotatable bonds is 7. The van der Waals surface area contributed by atoms with Gasteiger partial charge in [0.2, 0.25) is 11.6 Å². The first-order valence-corrected chi connectivity index (χ1v) is 6.15. The maximum Gasteiger partial charge on any atom is 0.323 e. The smallest absolute Gasteiger partial charge is 0.323 e. The highest BCUT2D eigenvalue weighted by Crippen LogP contribution is 2.26. The molecule has 0 radical (unpaired) electrons. The van der Waals surface area contributed by atoms with E-state index >= 15 is 0 Å². The Balaban J connectivity index is 2.53. The van der Waals surface area contributed by atoms with Crippen molar-refractivity contribution in [2.45, 2.75) is 31.7 Å². The molecule has 1 unspecified atom stereocenters. The van der Waals surface area contributed by atoms with Gasteiger partial charge >= 0.3 is 5.97 Å². The summed E-state index contributed by atoms with van der Waals surface area (Å²) >= 11 is 0. The highest BCUT2D eigenvalue weighted by atomic mass is 19.2. The van der Waals surface area contributed by atoms with Gasteiger partial charge in [0, 0.05) is 6.07 Å². The van der Waals surface area contributed by atoms with Crippen LogP contribution in [0, 0.1) is 23.3 Å². The van der Waals surface area contributed by atoms with Crippen molar-refractivity contribution in [1.29, 1.82) is 0 Å². The Kier molecular flexibility index (Phi) is 5.54. The molecule has 0 spiro atoms. The van der Waals surface area contributed by atoms with Gasteiger partial charge in [0.1, 0.15) is 5.54 Å². The number of carboxylic acid groups (broad SMARTS) is 1. The molecule has 118 valence electrons. The number of carbonyl (C=O) groups is 1. The van der Waals surface area contributed by atoms with E-state index in [1.807, 2.05) is 0 Å². The Bertz CT molecular complexity index is 508. The van der Waals surface area contributed by atoms with Crippen molar-refractivity contribution in [1.82, 2.24) is 0 Å². The molecule has 3 N–H and O–H groups in total. The van der Waals surface area contributed by atoms with Crippen molar-refractivity contribution in [2.24, 2.45) is 5.73 Å². The van der Waals surface area contributed by atoms with Crippen LogP contribution >= 0.6 is 0 Å². The lowest BCUT2D eigenvalue weighted by Crippen LogP contribution is -2.44. The standard InChI is InChI=1S/C13H15F4NO3/c1-13(18,12(19)20)4-2-3-5-21-11-9(16)7(14)6-8(15)10(11)17/h6H,2-5,18H2,1H3,(H,19,20). The number of benzene rings is 1. The lowest BCUT2D eigenvalue weighted by molar-refractivity contribution is -0.142. The zero-order chi connectivity index (χ0) is 16.2. The summed E-state index contributed by atoms with van der Waals surface area (Å²) in [4.78, 5) is 10.7. The van der Waals surface area contributed by atoms with Crippen LogP contribution in [0.4, 0.5) is 17.6 Å². The normalized spacial score (nSPS) is 13.8. The number of hydrogen-bond donors (Lipinski definition) is 2. The van der Waals surface area contributed by atoms with Gasteiger partial charge in [0.25, 0.3) is 0 Å². The van der Waals surface area contributed by atoms with Crippen molar-refractivity contribution >= 4 is 5.97 Å². The van der Waals surface area contributed by atoms with Crippen LogP contribution in [0.25, 0.3) is 0 Å². The van der Waals surface area contributed by atoms with Crippen LogP contribution in [0.1, 0.15) is 26.2 Å². The number of aliphatic carboxylic acids is 1. The van der Waals surface area contributed by atoms with Crippen LogP contribution < -0.4 is 10.5 Å². The van der Waals surface area contributed by atoms with Crippen molar-refractivity contribution in [3.63, 3.8) is 0 Å². The molecule has 0 saturated heterocycles. The molecule has 8 heteroatoms. The fourth-order valence-electron chi connectivity index (χ4n) is 1.55. The van der Waals surface area contributed by atoms with Crippen LogP contribution in [0.2, 0.25) is 0 Å². The molecule has 1 aromatic rings. The maximum atomic E-state index is 13.2. The summed E-state index contributed by atoms with van der Waals surface area (Å²) in [6.45, 7) is 1.10. The molecule has 0 heterocycles. The Morgan fingerprint density at radius 1 is 1.24 bits per heavy atom. The topological polar surface area (TPSA) is 72.5 Å². The fourth-order valence-corrected chi connectivity index (χ4v) is 1.55. The fraction of sp³-hybridized carbons (Fsp3) is 0.462. The van der Waals surface area contributed by atoms with Gasteiger partial charge in [-0.3, -0.25) is 4.79 Å². The van der Waals surface area contributed by atoms with Crippen molar-refractivity contribution < 1.29 is 32.2 Å². The summed E-state index contributed by atoms with van der Waals surface area (Å²) < 4.78 is 57.0. The third kappa shape index (κ3) is 4.32. The summed E-state index contributed by atoms with van der Waals surface area (Å²) in [5, 5.41) is 8.77. The minimum Gasteiger partial charge on any atom is -0.487 e. The van der Waals surface area contributed by atoms with E-state index in [1.165, 1.54) is 6.92 Å². The van der Waals surface area contributed by atoms with Gasteiger partial charge < -0.3 is 15.6 Å². The molecule has 0 amide bonds. The Morgan fingerprint density at radius 3 is 2.24 bits per heavy atom. The van der Waals surface area contributed by atoms with Gasteiger partial charge in [-0.1, -0.05) is 0 Å². The van der Waals surface area contributed by atoms with Crippen molar-refractivity contribution in [2.75, 3.05) is 6.61 Å². The largest absolute Gasteiger partial charge is 0.487 e. The van der Waals surface area contributed by atoms with E-state index in [4.69, 9.17) is 10.8 Å². The summed E-state index contributed by atoms with van der Waals surface area (Å²) in [6, 6.07) is 0.0875. The highest BCUT2D eigenvalue weighted by molar-refractivity contribution is 5.77. The van der Waals surface area contributed by atoms with E-state index in [1.54, 1.807) is 0 Å². The van der Waals surface area contributed by atoms with Crippen molar-refractivity contribution in [3.05, 3.63) is 29.3 Å². The van der Waals surface area contributed by atoms with E-state index in [2.05, 4.69) is 4.74 Å². The lowest BCUT2D eigenvalue weighted by atomic mass is 9.97. The minimum atomic E-state index is -1.61. The van der Waals surface area contributed by atoms with Gasteiger partial charge in [-0.05, 0) is 26.2 Å². The van der Waals surface area contributed by atoms with Crippen LogP contribution in [0.3, 0.4) is 0 Å². The number of ether oxygens (including phenoxy) is 1. The van der Waals surface area contributed by atoms with E-state index in [-0.39, 0.29) is 25.5 Å². The predicted molar refractivity (Wildman–Crippen MR) is 65.8 cm³/mol. The van der Waals surface area contributed by atoms with Gasteiger partial charge in [-0.2, -0.15) is 8.78 Å². The number of hydrogen-bond acceptors (Lipinski definition) is 3. The van der Waals surface area contributed by atoms with Gasteiger partial charge in [0.15, 0.2) is 17.4 Å². The monoisotopic (exact) mass is 309 g/mol. The number of halogens is 4. The molecule has 1 atom stereocenters. The molecule has 0 saturated carbocycles. The molecule has 0 aliphatic carbocycles. The molecule has 1 aromatic carbocycles. The quantitative estimate of drug-likeness (QED) is 0.461. The summed E-state index contributed by atoms with van der Waals surface area (Å²) in [6.07, 6.45) is 0.644. The van der Waals surface area contributed by atoms with Crippen LogP contribution in [0.15, 0.2) is 6.07 Å². The second-order valence-electron chi connectivity index (χ2n) is 4.83. The molecule has 4 nitrogen and oxygen atoms in total. The first kappa shape index (κ1) is 17.2. The van der Waals surface area contributed by atoms with Crippen LogP contribution in [0.5, 0.6) is 5.75 Å². The lowest BCUT2D eigenvalue weighted by Gasteiger charge is -2.18. The van der Waals surface area contributed by atoms with Crippen LogP contribution in [-0.2, 0) is 4.79 Å². The molecule has 0 aliphatic rings. The molecule has 0 bridgehead atoms. The third-order valence-corrected chi connectivity index (χ3v) is 2.90. The van der Waals surface area contributed by atoms with E-state index < -0.39 is 40.5 Å². The number of nitrogens with two attached hydrogens (primary N) is 1. The van der Waals surface area contributed by atoms with Crippen LogP contribution in [-0.4, -0.2) is 23.2 Å². The Labute approximate surface area is 118 Å². The third-order valence-electron chi connectivity index (χ3n) is 2.90. The second-order valence-corrected chi connectivity index (χ2v) is 4.83. The molecule has 1 rings (SSSR count). The molecular formula is C13H15F4NO3. The average molecular weight is 309 g/mol. The average Bonchev–Trinajstić information content (AvgIpc) is 2.39. The number of unbranched alkanes of at least 4 members (excludes halogenated alkanes) is 1. The first-order chi connectivity index (χ1) is 9.66. The van der Waals surface area contributed by atoms with E-state index in [0.29, 0.717) is 6.42 Å². The SMILES string of the molecule is CC(N)(CCCCOc1c(F)c(F)cc(F)c1F)C(=O)O. The summed E-state index contributed by atoms with van der Waals surface area (Å²) in [5.41, 5.74) is 4.07.